The molecule has 1 aliphatic heterocycles. The Hall–Kier alpha value is -1.59. The fraction of sp³-hybridized carbons (Fsp3) is 0.364. The number of carbonyl (C=O) groups is 1. The highest BCUT2D eigenvalue weighted by Crippen LogP contribution is 2.16. The molecule has 0 aromatic carbocycles. The number of amides is 1. The van der Waals surface area contributed by atoms with E-state index < -0.39 is 11.7 Å². The Bertz CT molecular complexity index is 331. The Balaban J connectivity index is 0.000000165. The number of aliphatic hydroxyl groups excluding tert-OH is 1. The van der Waals surface area contributed by atoms with Crippen molar-refractivity contribution in [2.75, 3.05) is 0 Å². The van der Waals surface area contributed by atoms with Gasteiger partial charge in [-0.2, -0.15) is 5.48 Å². The number of nitrogens with one attached hydrogen (secondary N) is 1. The van der Waals surface area contributed by atoms with Crippen LogP contribution in [0.2, 0.25) is 0 Å². The van der Waals surface area contributed by atoms with Crippen LogP contribution in [0.1, 0.15) is 13.3 Å². The van der Waals surface area contributed by atoms with Crippen LogP contribution in [-0.2, 0) is 9.63 Å². The van der Waals surface area contributed by atoms with Crippen LogP contribution < -0.4 is 5.48 Å². The van der Waals surface area contributed by atoms with Gasteiger partial charge >= 0.3 is 0 Å². The number of aliphatic hydroxyl groups is 2. The number of rotatable bonds is 0. The number of hydrogen-bond donors (Lipinski definition) is 3. The van der Waals surface area contributed by atoms with Crippen molar-refractivity contribution in [3.63, 3.8) is 0 Å². The van der Waals surface area contributed by atoms with Gasteiger partial charge in [0.1, 0.15) is 18.0 Å². The minimum absolute atomic E-state index is 0.0949. The number of allylic oxidation sites excluding steroid dienone is 2. The molecule has 88 valence electrons. The smallest absolute Gasteiger partial charge is 0.256 e. The summed E-state index contributed by atoms with van der Waals surface area (Å²) in [6.45, 7) is 1.57. The van der Waals surface area contributed by atoms with Gasteiger partial charge in [0.25, 0.3) is 5.91 Å². The number of carbonyl (C=O) groups excluding carboxylic acids is 1. The van der Waals surface area contributed by atoms with E-state index >= 15 is 0 Å². The fourth-order valence-electron chi connectivity index (χ4n) is 1.06. The highest BCUT2D eigenvalue weighted by Gasteiger charge is 2.25. The molecule has 2 rings (SSSR count). The van der Waals surface area contributed by atoms with Crippen LogP contribution in [0.4, 0.5) is 0 Å². The van der Waals surface area contributed by atoms with Gasteiger partial charge in [-0.05, 0) is 13.0 Å². The molecule has 0 bridgehead atoms. The number of hydrogen-bond acceptors (Lipinski definition) is 4. The largest absolute Gasteiger partial charge is 0.388 e. The van der Waals surface area contributed by atoms with Crippen molar-refractivity contribution in [1.29, 1.82) is 0 Å². The van der Waals surface area contributed by atoms with Crippen molar-refractivity contribution in [2.45, 2.75) is 25.0 Å². The van der Waals surface area contributed by atoms with Crippen molar-refractivity contribution in [2.24, 2.45) is 0 Å². The summed E-state index contributed by atoms with van der Waals surface area (Å²) in [6.07, 6.45) is 9.32. The molecular weight excluding hydrogens is 210 g/mol. The Morgan fingerprint density at radius 2 is 2.31 bits per heavy atom. The fourth-order valence-corrected chi connectivity index (χ4v) is 1.06. The summed E-state index contributed by atoms with van der Waals surface area (Å²) < 4.78 is 0. The standard InChI is InChI=1S/C7H10O2.C4H5NO2/c1-7(9)5-3-2-4-6(7)8;6-4-2-1-3-7-5-4/h2-6,8-9H,1H3;1,3H,2H2,(H,5,6). The van der Waals surface area contributed by atoms with Crippen LogP contribution in [0.15, 0.2) is 36.6 Å². The molecule has 2 unspecified atom stereocenters. The molecule has 2 atom stereocenters. The van der Waals surface area contributed by atoms with Crippen molar-refractivity contribution in [3.8, 4) is 0 Å². The van der Waals surface area contributed by atoms with Crippen LogP contribution in [0.3, 0.4) is 0 Å². The van der Waals surface area contributed by atoms with Gasteiger partial charge in [-0.3, -0.25) is 4.79 Å². The van der Waals surface area contributed by atoms with Gasteiger partial charge in [-0.25, -0.2) is 0 Å². The van der Waals surface area contributed by atoms with Crippen molar-refractivity contribution >= 4 is 5.91 Å². The molecule has 5 heteroatoms. The van der Waals surface area contributed by atoms with E-state index in [1.165, 1.54) is 6.26 Å². The average Bonchev–Trinajstić information content (AvgIpc) is 2.24. The Kier molecular flexibility index (Phi) is 4.28. The second-order valence-electron chi connectivity index (χ2n) is 3.63. The zero-order chi connectivity index (χ0) is 12.0. The van der Waals surface area contributed by atoms with E-state index in [2.05, 4.69) is 10.3 Å². The zero-order valence-electron chi connectivity index (χ0n) is 8.96. The molecule has 16 heavy (non-hydrogen) atoms. The molecule has 0 radical (unpaired) electrons. The minimum atomic E-state index is -1.07. The molecule has 2 aliphatic rings. The maximum atomic E-state index is 10.2. The molecule has 1 heterocycles. The normalized spacial score (nSPS) is 31.2. The lowest BCUT2D eigenvalue weighted by atomic mass is 9.95. The first kappa shape index (κ1) is 12.5. The van der Waals surface area contributed by atoms with Crippen LogP contribution in [0.25, 0.3) is 0 Å². The summed E-state index contributed by atoms with van der Waals surface area (Å²) in [5.74, 6) is -0.0949. The quantitative estimate of drug-likeness (QED) is 0.549. The molecule has 1 amide bonds. The summed E-state index contributed by atoms with van der Waals surface area (Å²) in [4.78, 5) is 14.6. The summed E-state index contributed by atoms with van der Waals surface area (Å²) >= 11 is 0. The minimum Gasteiger partial charge on any atom is -0.388 e. The molecule has 1 aliphatic carbocycles. The molecule has 0 fully saturated rings. The maximum Gasteiger partial charge on any atom is 0.256 e. The van der Waals surface area contributed by atoms with Crippen molar-refractivity contribution in [3.05, 3.63) is 36.6 Å². The summed E-state index contributed by atoms with van der Waals surface area (Å²) in [6, 6.07) is 0. The highest BCUT2D eigenvalue weighted by molar-refractivity contribution is 5.76. The third kappa shape index (κ3) is 3.88. The average molecular weight is 225 g/mol. The molecule has 0 saturated heterocycles. The maximum absolute atomic E-state index is 10.2. The molecule has 0 aromatic rings. The summed E-state index contributed by atoms with van der Waals surface area (Å²) in [5.41, 5.74) is 1.08. The Morgan fingerprint density at radius 3 is 2.62 bits per heavy atom. The van der Waals surface area contributed by atoms with Gasteiger partial charge in [0.15, 0.2) is 0 Å². The Morgan fingerprint density at radius 1 is 1.56 bits per heavy atom. The van der Waals surface area contributed by atoms with E-state index in [1.807, 2.05) is 0 Å². The summed E-state index contributed by atoms with van der Waals surface area (Å²) in [7, 11) is 0. The van der Waals surface area contributed by atoms with E-state index in [-0.39, 0.29) is 5.91 Å². The summed E-state index contributed by atoms with van der Waals surface area (Å²) in [5, 5.41) is 18.3. The zero-order valence-corrected chi connectivity index (χ0v) is 8.96. The third-order valence-corrected chi connectivity index (χ3v) is 2.08. The SMILES string of the molecule is CC1(O)C=CC=CC1O.O=C1CC=CON1. The first-order valence-electron chi connectivity index (χ1n) is 4.88. The highest BCUT2D eigenvalue weighted by atomic mass is 16.6. The van der Waals surface area contributed by atoms with E-state index in [0.29, 0.717) is 6.42 Å². The van der Waals surface area contributed by atoms with Crippen molar-refractivity contribution in [1.82, 2.24) is 5.48 Å². The third-order valence-electron chi connectivity index (χ3n) is 2.08. The lowest BCUT2D eigenvalue weighted by molar-refractivity contribution is -0.130. The van der Waals surface area contributed by atoms with Crippen LogP contribution in [-0.4, -0.2) is 27.8 Å². The van der Waals surface area contributed by atoms with Crippen LogP contribution >= 0.6 is 0 Å². The lowest BCUT2D eigenvalue weighted by Gasteiger charge is -2.24. The molecule has 0 saturated carbocycles. The van der Waals surface area contributed by atoms with Gasteiger partial charge in [-0.1, -0.05) is 24.3 Å². The predicted octanol–water partition coefficient (Wildman–Crippen LogP) is 0.176. The first-order valence-corrected chi connectivity index (χ1v) is 4.88. The van der Waals surface area contributed by atoms with Crippen molar-refractivity contribution < 1.29 is 19.8 Å². The topological polar surface area (TPSA) is 78.8 Å². The van der Waals surface area contributed by atoms with Crippen LogP contribution in [0, 0.1) is 0 Å². The van der Waals surface area contributed by atoms with Gasteiger partial charge in [0, 0.05) is 0 Å². The van der Waals surface area contributed by atoms with E-state index in [0.717, 1.165) is 0 Å². The van der Waals surface area contributed by atoms with Gasteiger partial charge in [-0.15, -0.1) is 0 Å². The molecule has 0 aromatic heterocycles. The molecule has 5 nitrogen and oxygen atoms in total. The van der Waals surface area contributed by atoms with Gasteiger partial charge in [0.05, 0.1) is 6.42 Å². The lowest BCUT2D eigenvalue weighted by Crippen LogP contribution is -2.36. The second-order valence-corrected chi connectivity index (χ2v) is 3.63. The Labute approximate surface area is 93.7 Å². The van der Waals surface area contributed by atoms with Gasteiger partial charge in [0.2, 0.25) is 0 Å². The second kappa shape index (κ2) is 5.48. The van der Waals surface area contributed by atoms with E-state index in [9.17, 15) is 9.90 Å². The van der Waals surface area contributed by atoms with E-state index in [4.69, 9.17) is 5.11 Å². The molecular formula is C11H15NO4. The number of hydroxylamine groups is 1. The molecule has 3 N–H and O–H groups in total. The van der Waals surface area contributed by atoms with E-state index in [1.54, 1.807) is 37.3 Å². The monoisotopic (exact) mass is 225 g/mol. The van der Waals surface area contributed by atoms with Crippen LogP contribution in [0.5, 0.6) is 0 Å². The molecule has 0 spiro atoms. The predicted molar refractivity (Wildman–Crippen MR) is 57.9 cm³/mol. The van der Waals surface area contributed by atoms with Gasteiger partial charge < -0.3 is 15.1 Å². The first-order chi connectivity index (χ1) is 7.52.